The Morgan fingerprint density at radius 3 is 2.85 bits per heavy atom. The molecule has 3 rings (SSSR count). The highest BCUT2D eigenvalue weighted by molar-refractivity contribution is 7.99. The number of nitrogens with one attached hydrogen (secondary N) is 1. The fourth-order valence-electron chi connectivity index (χ4n) is 2.72. The van der Waals surface area contributed by atoms with Gasteiger partial charge in [0.05, 0.1) is 0 Å². The summed E-state index contributed by atoms with van der Waals surface area (Å²) in [4.78, 5) is 1.34. The first-order valence-corrected chi connectivity index (χ1v) is 8.39. The van der Waals surface area contributed by atoms with Crippen LogP contribution in [0.2, 0.25) is 5.02 Å². The van der Waals surface area contributed by atoms with Crippen LogP contribution in [0.15, 0.2) is 53.4 Å². The molecular weight excluding hydrogens is 286 g/mol. The first-order valence-electron chi connectivity index (χ1n) is 7.02. The van der Waals surface area contributed by atoms with Gasteiger partial charge in [-0.2, -0.15) is 0 Å². The fraction of sp³-hybridized carbons (Fsp3) is 0.294. The van der Waals surface area contributed by atoms with Crippen LogP contribution in [0.5, 0.6) is 0 Å². The van der Waals surface area contributed by atoms with Crippen molar-refractivity contribution in [2.24, 2.45) is 0 Å². The first kappa shape index (κ1) is 14.0. The van der Waals surface area contributed by atoms with Gasteiger partial charge >= 0.3 is 0 Å². The maximum atomic E-state index is 6.04. The van der Waals surface area contributed by atoms with Crippen molar-refractivity contribution in [3.63, 3.8) is 0 Å². The van der Waals surface area contributed by atoms with E-state index in [0.717, 1.165) is 23.7 Å². The van der Waals surface area contributed by atoms with Gasteiger partial charge in [0.25, 0.3) is 0 Å². The Kier molecular flexibility index (Phi) is 4.66. The number of rotatable bonds is 5. The van der Waals surface area contributed by atoms with E-state index < -0.39 is 0 Å². The molecule has 104 valence electrons. The molecule has 0 aromatic heterocycles. The van der Waals surface area contributed by atoms with E-state index in [4.69, 9.17) is 11.6 Å². The number of hydrogen-bond acceptors (Lipinski definition) is 2. The van der Waals surface area contributed by atoms with Gasteiger partial charge in [0.1, 0.15) is 0 Å². The van der Waals surface area contributed by atoms with Gasteiger partial charge in [-0.05, 0) is 48.2 Å². The number of thioether (sulfide) groups is 1. The van der Waals surface area contributed by atoms with Crippen molar-refractivity contribution < 1.29 is 0 Å². The van der Waals surface area contributed by atoms with E-state index in [1.165, 1.54) is 22.4 Å². The zero-order valence-corrected chi connectivity index (χ0v) is 12.9. The lowest BCUT2D eigenvalue weighted by atomic mass is 10.1. The molecule has 1 unspecified atom stereocenters. The lowest BCUT2D eigenvalue weighted by Crippen LogP contribution is -2.21. The fourth-order valence-corrected chi connectivity index (χ4v) is 3.72. The summed E-state index contributed by atoms with van der Waals surface area (Å²) < 4.78 is 0. The van der Waals surface area contributed by atoms with Crippen LogP contribution in [0, 0.1) is 0 Å². The van der Waals surface area contributed by atoms with Gasteiger partial charge in [0.15, 0.2) is 0 Å². The molecule has 0 spiro atoms. The molecule has 0 heterocycles. The van der Waals surface area contributed by atoms with Crippen LogP contribution in [-0.2, 0) is 6.42 Å². The van der Waals surface area contributed by atoms with E-state index in [0.29, 0.717) is 6.04 Å². The van der Waals surface area contributed by atoms with Crippen molar-refractivity contribution in [3.05, 3.63) is 64.7 Å². The maximum Gasteiger partial charge on any atom is 0.0408 e. The summed E-state index contributed by atoms with van der Waals surface area (Å²) in [6.07, 6.45) is 2.32. The minimum absolute atomic E-state index is 0.499. The normalized spacial score (nSPS) is 17.1. The molecule has 0 aliphatic heterocycles. The summed E-state index contributed by atoms with van der Waals surface area (Å²) in [6.45, 7) is 1.03. The van der Waals surface area contributed by atoms with Crippen LogP contribution < -0.4 is 5.32 Å². The predicted octanol–water partition coefficient (Wildman–Crippen LogP) is 4.71. The van der Waals surface area contributed by atoms with Crippen molar-refractivity contribution >= 4 is 23.4 Å². The van der Waals surface area contributed by atoms with Gasteiger partial charge in [0.2, 0.25) is 0 Å². The summed E-state index contributed by atoms with van der Waals surface area (Å²) in [5.74, 6) is 1.10. The topological polar surface area (TPSA) is 12.0 Å². The van der Waals surface area contributed by atoms with Crippen LogP contribution in [0.4, 0.5) is 0 Å². The summed E-state index contributed by atoms with van der Waals surface area (Å²) in [5.41, 5.74) is 2.84. The Bertz CT molecular complexity index is 570. The van der Waals surface area contributed by atoms with Crippen LogP contribution in [0.25, 0.3) is 0 Å². The molecular formula is C17H18ClNS. The van der Waals surface area contributed by atoms with Crippen molar-refractivity contribution in [3.8, 4) is 0 Å². The van der Waals surface area contributed by atoms with Crippen molar-refractivity contribution in [2.75, 3.05) is 12.3 Å². The Balaban J connectivity index is 1.49. The highest BCUT2D eigenvalue weighted by Crippen LogP contribution is 2.32. The van der Waals surface area contributed by atoms with E-state index in [2.05, 4.69) is 47.8 Å². The van der Waals surface area contributed by atoms with Gasteiger partial charge in [-0.15, -0.1) is 11.8 Å². The van der Waals surface area contributed by atoms with E-state index in [9.17, 15) is 0 Å². The SMILES string of the molecule is Clc1ccc2c(c1)CCC2NCCSc1ccccc1. The van der Waals surface area contributed by atoms with Gasteiger partial charge in [-0.3, -0.25) is 0 Å². The molecule has 20 heavy (non-hydrogen) atoms. The number of benzene rings is 2. The molecule has 0 fully saturated rings. The molecule has 0 bridgehead atoms. The van der Waals surface area contributed by atoms with Crippen LogP contribution in [-0.4, -0.2) is 12.3 Å². The number of aryl methyl sites for hydroxylation is 1. The van der Waals surface area contributed by atoms with Crippen LogP contribution in [0.1, 0.15) is 23.6 Å². The van der Waals surface area contributed by atoms with Gasteiger partial charge < -0.3 is 5.32 Å². The molecule has 1 aliphatic rings. The molecule has 0 radical (unpaired) electrons. The molecule has 2 aromatic rings. The first-order chi connectivity index (χ1) is 9.83. The Morgan fingerprint density at radius 1 is 1.15 bits per heavy atom. The third-order valence-corrected chi connectivity index (χ3v) is 4.94. The summed E-state index contributed by atoms with van der Waals surface area (Å²) in [5, 5.41) is 4.51. The molecule has 1 atom stereocenters. The maximum absolute atomic E-state index is 6.04. The number of hydrogen-bond donors (Lipinski definition) is 1. The molecule has 0 saturated carbocycles. The Morgan fingerprint density at radius 2 is 2.00 bits per heavy atom. The molecule has 1 nitrogen and oxygen atoms in total. The van der Waals surface area contributed by atoms with E-state index in [-0.39, 0.29) is 0 Å². The zero-order valence-electron chi connectivity index (χ0n) is 11.3. The highest BCUT2D eigenvalue weighted by atomic mass is 35.5. The second-order valence-corrected chi connectivity index (χ2v) is 6.65. The van der Waals surface area contributed by atoms with Gasteiger partial charge in [-0.25, -0.2) is 0 Å². The highest BCUT2D eigenvalue weighted by Gasteiger charge is 2.21. The molecule has 0 saturated heterocycles. The smallest absolute Gasteiger partial charge is 0.0408 e. The monoisotopic (exact) mass is 303 g/mol. The zero-order chi connectivity index (χ0) is 13.8. The molecule has 2 aromatic carbocycles. The quantitative estimate of drug-likeness (QED) is 0.634. The largest absolute Gasteiger partial charge is 0.309 e. The van der Waals surface area contributed by atoms with E-state index in [1.807, 2.05) is 17.8 Å². The second-order valence-electron chi connectivity index (χ2n) is 5.05. The van der Waals surface area contributed by atoms with Crippen LogP contribution in [0.3, 0.4) is 0 Å². The van der Waals surface area contributed by atoms with Gasteiger partial charge in [-0.1, -0.05) is 35.9 Å². The number of halogens is 1. The van der Waals surface area contributed by atoms with Crippen molar-refractivity contribution in [2.45, 2.75) is 23.8 Å². The predicted molar refractivity (Wildman–Crippen MR) is 87.7 cm³/mol. The third-order valence-electron chi connectivity index (χ3n) is 3.69. The van der Waals surface area contributed by atoms with E-state index in [1.54, 1.807) is 0 Å². The third kappa shape index (κ3) is 3.38. The molecule has 0 amide bonds. The molecule has 3 heteroatoms. The lowest BCUT2D eigenvalue weighted by molar-refractivity contribution is 0.552. The average molecular weight is 304 g/mol. The van der Waals surface area contributed by atoms with Gasteiger partial charge in [0, 0.05) is 28.3 Å². The van der Waals surface area contributed by atoms with Crippen LogP contribution >= 0.6 is 23.4 Å². The second kappa shape index (κ2) is 6.66. The lowest BCUT2D eigenvalue weighted by Gasteiger charge is -2.14. The number of fused-ring (bicyclic) bond motifs is 1. The summed E-state index contributed by atoms with van der Waals surface area (Å²) >= 11 is 7.95. The Labute approximate surface area is 129 Å². The van der Waals surface area contributed by atoms with Crippen molar-refractivity contribution in [1.82, 2.24) is 5.32 Å². The summed E-state index contributed by atoms with van der Waals surface area (Å²) in [6, 6.07) is 17.3. The standard InChI is InChI=1S/C17H18ClNS/c18-14-7-8-16-13(12-14)6-9-17(16)19-10-11-20-15-4-2-1-3-5-15/h1-5,7-8,12,17,19H,6,9-11H2. The van der Waals surface area contributed by atoms with Crippen molar-refractivity contribution in [1.29, 1.82) is 0 Å². The van der Waals surface area contributed by atoms with E-state index >= 15 is 0 Å². The minimum atomic E-state index is 0.499. The molecule has 1 N–H and O–H groups in total. The summed E-state index contributed by atoms with van der Waals surface area (Å²) in [7, 11) is 0. The average Bonchev–Trinajstić information content (AvgIpc) is 2.87. The molecule has 1 aliphatic carbocycles. The Hall–Kier alpha value is -0.960. The minimum Gasteiger partial charge on any atom is -0.309 e.